The highest BCUT2D eigenvalue weighted by Gasteiger charge is 2.19. The number of carbonyl (C=O) groups excluding carboxylic acids is 2. The van der Waals surface area contributed by atoms with Crippen LogP contribution in [-0.4, -0.2) is 11.8 Å². The Morgan fingerprint density at radius 1 is 1.05 bits per heavy atom. The van der Waals surface area contributed by atoms with Crippen molar-refractivity contribution in [2.75, 3.05) is 0 Å². The number of hydrogen-bond donors (Lipinski definition) is 2. The van der Waals surface area contributed by atoms with Crippen molar-refractivity contribution in [1.82, 2.24) is 10.9 Å². The molecule has 0 fully saturated rings. The summed E-state index contributed by atoms with van der Waals surface area (Å²) in [4.78, 5) is 25.9. The number of aryl methyl sites for hydroxylation is 2. The van der Waals surface area contributed by atoms with Crippen molar-refractivity contribution in [3.05, 3.63) is 55.2 Å². The molecule has 2 amide bonds. The first-order chi connectivity index (χ1) is 10.5. The molecular weight excluding hydrogens is 343 g/mol. The third-order valence-corrected chi connectivity index (χ3v) is 5.23. The summed E-state index contributed by atoms with van der Waals surface area (Å²) in [6.45, 7) is 0. The van der Waals surface area contributed by atoms with E-state index in [1.165, 1.54) is 33.9 Å². The van der Waals surface area contributed by atoms with Crippen LogP contribution in [0.15, 0.2) is 24.3 Å². The lowest BCUT2D eigenvalue weighted by molar-refractivity contribution is 0.0849. The summed E-state index contributed by atoms with van der Waals surface area (Å²) in [6, 6.07) is 6.46. The first-order valence-corrected chi connectivity index (χ1v) is 8.29. The van der Waals surface area contributed by atoms with E-state index in [9.17, 15) is 9.59 Å². The molecule has 0 bridgehead atoms. The molecule has 3 rings (SSSR count). The van der Waals surface area contributed by atoms with Crippen molar-refractivity contribution < 1.29 is 9.59 Å². The minimum absolute atomic E-state index is 0.211. The molecule has 0 spiro atoms. The molecule has 1 aromatic heterocycles. The number of hydrogen-bond acceptors (Lipinski definition) is 3. The smallest absolute Gasteiger partial charge is 0.267 e. The molecule has 0 radical (unpaired) electrons. The molecule has 1 aliphatic carbocycles. The predicted molar refractivity (Wildman–Crippen MR) is 87.7 cm³/mol. The highest BCUT2D eigenvalue weighted by Crippen LogP contribution is 2.30. The summed E-state index contributed by atoms with van der Waals surface area (Å²) in [5, 5.41) is 0.668. The van der Waals surface area contributed by atoms with Gasteiger partial charge in [0.05, 0.1) is 15.5 Å². The van der Waals surface area contributed by atoms with Crippen LogP contribution in [0.5, 0.6) is 0 Å². The maximum absolute atomic E-state index is 12.1. The van der Waals surface area contributed by atoms with Crippen molar-refractivity contribution in [1.29, 1.82) is 0 Å². The number of halogens is 2. The fraction of sp³-hybridized carbons (Fsp3) is 0.200. The van der Waals surface area contributed by atoms with E-state index in [1.54, 1.807) is 6.07 Å². The van der Waals surface area contributed by atoms with Crippen LogP contribution in [0, 0.1) is 0 Å². The van der Waals surface area contributed by atoms with Gasteiger partial charge in [-0.15, -0.1) is 11.3 Å². The zero-order chi connectivity index (χ0) is 15.7. The van der Waals surface area contributed by atoms with Crippen LogP contribution in [0.4, 0.5) is 0 Å². The fourth-order valence-electron chi connectivity index (χ4n) is 2.35. The normalized spacial score (nSPS) is 12.8. The monoisotopic (exact) mass is 354 g/mol. The molecule has 7 heteroatoms. The Bertz CT molecular complexity index is 736. The van der Waals surface area contributed by atoms with E-state index in [1.807, 2.05) is 6.07 Å². The van der Waals surface area contributed by atoms with E-state index in [2.05, 4.69) is 10.9 Å². The Morgan fingerprint density at radius 3 is 2.59 bits per heavy atom. The number of benzene rings is 1. The van der Waals surface area contributed by atoms with Crippen LogP contribution >= 0.6 is 34.5 Å². The lowest BCUT2D eigenvalue weighted by atomic mass is 10.2. The van der Waals surface area contributed by atoms with Crippen molar-refractivity contribution in [2.45, 2.75) is 19.3 Å². The molecule has 0 unspecified atom stereocenters. The first kappa shape index (κ1) is 15.3. The Hall–Kier alpha value is -1.56. The number of thiophene rings is 1. The van der Waals surface area contributed by atoms with Gasteiger partial charge < -0.3 is 0 Å². The van der Waals surface area contributed by atoms with E-state index in [4.69, 9.17) is 23.2 Å². The number of hydrazine groups is 1. The molecule has 2 N–H and O–H groups in total. The average Bonchev–Trinajstić information content (AvgIpc) is 3.08. The standard InChI is InChI=1S/C15H12Cl2N2O2S/c16-9-4-5-11(17)10(7-9)14(20)18-19-15(21)13-6-8-2-1-3-12(8)22-13/h4-7H,1-3H2,(H,18,20)(H,19,21). The van der Waals surface area contributed by atoms with Gasteiger partial charge in [-0.05, 0) is 49.1 Å². The van der Waals surface area contributed by atoms with Gasteiger partial charge in [0, 0.05) is 9.90 Å². The van der Waals surface area contributed by atoms with Crippen LogP contribution < -0.4 is 10.9 Å². The fourth-order valence-corrected chi connectivity index (χ4v) is 3.88. The van der Waals surface area contributed by atoms with Crippen LogP contribution in [-0.2, 0) is 12.8 Å². The Morgan fingerprint density at radius 2 is 1.82 bits per heavy atom. The number of fused-ring (bicyclic) bond motifs is 1. The Labute approximate surface area is 141 Å². The Balaban J connectivity index is 1.65. The van der Waals surface area contributed by atoms with E-state index < -0.39 is 5.91 Å². The lowest BCUT2D eigenvalue weighted by Gasteiger charge is -2.08. The van der Waals surface area contributed by atoms with Gasteiger partial charge in [-0.1, -0.05) is 23.2 Å². The van der Waals surface area contributed by atoms with E-state index >= 15 is 0 Å². The molecular formula is C15H12Cl2N2O2S. The highest BCUT2D eigenvalue weighted by atomic mass is 35.5. The van der Waals surface area contributed by atoms with Gasteiger partial charge in [-0.25, -0.2) is 0 Å². The summed E-state index contributed by atoms with van der Waals surface area (Å²) in [5.41, 5.74) is 6.20. The van der Waals surface area contributed by atoms with Gasteiger partial charge in [0.15, 0.2) is 0 Å². The predicted octanol–water partition coefficient (Wildman–Crippen LogP) is 3.62. The first-order valence-electron chi connectivity index (χ1n) is 6.72. The molecule has 1 aliphatic rings. The molecule has 22 heavy (non-hydrogen) atoms. The van der Waals surface area contributed by atoms with E-state index in [0.717, 1.165) is 19.3 Å². The number of amides is 2. The van der Waals surface area contributed by atoms with Gasteiger partial charge in [-0.2, -0.15) is 0 Å². The van der Waals surface area contributed by atoms with E-state index in [-0.39, 0.29) is 16.5 Å². The topological polar surface area (TPSA) is 58.2 Å². The Kier molecular flexibility index (Phi) is 4.38. The molecule has 114 valence electrons. The number of nitrogens with one attached hydrogen (secondary N) is 2. The minimum Gasteiger partial charge on any atom is -0.267 e. The molecule has 0 aliphatic heterocycles. The molecule has 0 saturated carbocycles. The third-order valence-electron chi connectivity index (χ3n) is 3.43. The van der Waals surface area contributed by atoms with Crippen molar-refractivity contribution >= 4 is 46.4 Å². The summed E-state index contributed by atoms with van der Waals surface area (Å²) < 4.78 is 0. The molecule has 0 atom stereocenters. The van der Waals surface area contributed by atoms with Crippen molar-refractivity contribution in [3.63, 3.8) is 0 Å². The van der Waals surface area contributed by atoms with E-state index in [0.29, 0.717) is 9.90 Å². The van der Waals surface area contributed by atoms with Gasteiger partial charge in [0.2, 0.25) is 0 Å². The molecule has 0 saturated heterocycles. The third kappa shape index (κ3) is 3.11. The van der Waals surface area contributed by atoms with Crippen LogP contribution in [0.1, 0.15) is 36.9 Å². The van der Waals surface area contributed by atoms with Gasteiger partial charge in [-0.3, -0.25) is 20.4 Å². The zero-order valence-electron chi connectivity index (χ0n) is 11.4. The minimum atomic E-state index is -0.509. The van der Waals surface area contributed by atoms with Crippen LogP contribution in [0.3, 0.4) is 0 Å². The summed E-state index contributed by atoms with van der Waals surface area (Å²) in [6.07, 6.45) is 3.19. The summed E-state index contributed by atoms with van der Waals surface area (Å²) in [7, 11) is 0. The van der Waals surface area contributed by atoms with Gasteiger partial charge >= 0.3 is 0 Å². The number of rotatable bonds is 2. The van der Waals surface area contributed by atoms with Crippen molar-refractivity contribution in [3.8, 4) is 0 Å². The van der Waals surface area contributed by atoms with Crippen LogP contribution in [0.2, 0.25) is 10.0 Å². The lowest BCUT2D eigenvalue weighted by Crippen LogP contribution is -2.41. The van der Waals surface area contributed by atoms with Crippen LogP contribution in [0.25, 0.3) is 0 Å². The SMILES string of the molecule is O=C(NNC(=O)c1cc(Cl)ccc1Cl)c1cc2c(s1)CCC2. The molecule has 2 aromatic rings. The molecule has 4 nitrogen and oxygen atoms in total. The maximum Gasteiger partial charge on any atom is 0.279 e. The second-order valence-corrected chi connectivity index (χ2v) is 6.93. The molecule has 1 heterocycles. The maximum atomic E-state index is 12.1. The average molecular weight is 355 g/mol. The second kappa shape index (κ2) is 6.28. The number of carbonyl (C=O) groups is 2. The summed E-state index contributed by atoms with van der Waals surface area (Å²) in [5.74, 6) is -0.837. The largest absolute Gasteiger partial charge is 0.279 e. The summed E-state index contributed by atoms with van der Waals surface area (Å²) >= 11 is 13.3. The quantitative estimate of drug-likeness (QED) is 0.809. The van der Waals surface area contributed by atoms with Gasteiger partial charge in [0.25, 0.3) is 11.8 Å². The van der Waals surface area contributed by atoms with Crippen molar-refractivity contribution in [2.24, 2.45) is 0 Å². The zero-order valence-corrected chi connectivity index (χ0v) is 13.7. The highest BCUT2D eigenvalue weighted by molar-refractivity contribution is 7.14. The second-order valence-electron chi connectivity index (χ2n) is 4.95. The van der Waals surface area contributed by atoms with Gasteiger partial charge in [0.1, 0.15) is 0 Å². The molecule has 1 aromatic carbocycles.